The fraction of sp³-hybridized carbons (Fsp3) is 0.917. The van der Waals surface area contributed by atoms with Crippen LogP contribution in [0.4, 0.5) is 0 Å². The van der Waals surface area contributed by atoms with Crippen LogP contribution in [0.25, 0.3) is 0 Å². The second kappa shape index (κ2) is 6.61. The Morgan fingerprint density at radius 1 is 1.65 bits per heavy atom. The summed E-state index contributed by atoms with van der Waals surface area (Å²) >= 11 is 1.61. The molecular weight excluding hydrogens is 236 g/mol. The van der Waals surface area contributed by atoms with E-state index in [1.807, 2.05) is 13.2 Å². The predicted molar refractivity (Wildman–Crippen MR) is 72.3 cm³/mol. The minimum atomic E-state index is -0.789. The fourth-order valence-electron chi connectivity index (χ4n) is 2.30. The van der Waals surface area contributed by atoms with Gasteiger partial charge >= 0.3 is 0 Å². The van der Waals surface area contributed by atoms with E-state index in [0.29, 0.717) is 12.3 Å². The molecule has 1 rings (SSSR count). The van der Waals surface area contributed by atoms with E-state index in [-0.39, 0.29) is 11.9 Å². The van der Waals surface area contributed by atoms with Gasteiger partial charge in [0.05, 0.1) is 11.6 Å². The summed E-state index contributed by atoms with van der Waals surface area (Å²) in [5, 5.41) is 13.4. The Morgan fingerprint density at radius 3 is 2.94 bits per heavy atom. The van der Waals surface area contributed by atoms with Gasteiger partial charge in [0.1, 0.15) is 0 Å². The number of aliphatic hydroxyl groups is 1. The van der Waals surface area contributed by atoms with Crippen molar-refractivity contribution in [3.63, 3.8) is 0 Å². The molecule has 0 bridgehead atoms. The largest absolute Gasteiger partial charge is 0.387 e. The van der Waals surface area contributed by atoms with E-state index in [1.165, 1.54) is 0 Å². The zero-order chi connectivity index (χ0) is 12.9. The van der Waals surface area contributed by atoms with Crippen LogP contribution in [0.1, 0.15) is 26.7 Å². The first-order valence-electron chi connectivity index (χ1n) is 6.23. The summed E-state index contributed by atoms with van der Waals surface area (Å²) in [6.07, 6.45) is 3.89. The van der Waals surface area contributed by atoms with E-state index in [4.69, 9.17) is 0 Å². The molecule has 1 fully saturated rings. The molecule has 0 saturated carbocycles. The molecule has 0 spiro atoms. The van der Waals surface area contributed by atoms with Crippen molar-refractivity contribution < 1.29 is 9.90 Å². The van der Waals surface area contributed by atoms with E-state index in [0.717, 1.165) is 25.9 Å². The molecular formula is C12H24N2O2S. The second-order valence-corrected chi connectivity index (χ2v) is 5.81. The number of piperidine rings is 1. The molecule has 0 aromatic heterocycles. The molecule has 1 heterocycles. The number of thioether (sulfide) groups is 1. The monoisotopic (exact) mass is 260 g/mol. The summed E-state index contributed by atoms with van der Waals surface area (Å²) in [4.78, 5) is 13.9. The number of rotatable bonds is 6. The third kappa shape index (κ3) is 4.48. The lowest BCUT2D eigenvalue weighted by Gasteiger charge is -2.37. The Balaban J connectivity index is 2.55. The first kappa shape index (κ1) is 14.8. The number of amides is 1. The second-order valence-electron chi connectivity index (χ2n) is 4.94. The van der Waals surface area contributed by atoms with Crippen molar-refractivity contribution in [2.75, 3.05) is 31.6 Å². The van der Waals surface area contributed by atoms with Gasteiger partial charge in [-0.25, -0.2) is 0 Å². The van der Waals surface area contributed by atoms with Crippen molar-refractivity contribution in [2.24, 2.45) is 0 Å². The van der Waals surface area contributed by atoms with Gasteiger partial charge < -0.3 is 15.3 Å². The molecule has 4 nitrogen and oxygen atoms in total. The molecule has 5 heteroatoms. The van der Waals surface area contributed by atoms with Gasteiger partial charge in [0.25, 0.3) is 0 Å². The van der Waals surface area contributed by atoms with Crippen LogP contribution in [0.2, 0.25) is 0 Å². The molecule has 0 aliphatic carbocycles. The zero-order valence-electron chi connectivity index (χ0n) is 11.0. The molecule has 2 N–H and O–H groups in total. The van der Waals surface area contributed by atoms with Gasteiger partial charge in [-0.3, -0.25) is 4.79 Å². The Kier molecular flexibility index (Phi) is 5.76. The van der Waals surface area contributed by atoms with E-state index < -0.39 is 5.60 Å². The lowest BCUT2D eigenvalue weighted by Crippen LogP contribution is -2.55. The van der Waals surface area contributed by atoms with Gasteiger partial charge in [-0.15, -0.1) is 0 Å². The van der Waals surface area contributed by atoms with Crippen molar-refractivity contribution >= 4 is 17.7 Å². The minimum absolute atomic E-state index is 0.0566. The molecule has 100 valence electrons. The van der Waals surface area contributed by atoms with Crippen molar-refractivity contribution in [1.29, 1.82) is 0 Å². The number of hydrogen-bond donors (Lipinski definition) is 2. The molecule has 0 radical (unpaired) electrons. The Morgan fingerprint density at radius 2 is 2.35 bits per heavy atom. The summed E-state index contributed by atoms with van der Waals surface area (Å²) in [7, 11) is 0. The maximum absolute atomic E-state index is 12.1. The van der Waals surface area contributed by atoms with Gasteiger partial charge in [-0.1, -0.05) is 6.92 Å². The summed E-state index contributed by atoms with van der Waals surface area (Å²) < 4.78 is 0. The quantitative estimate of drug-likeness (QED) is 0.738. The third-order valence-electron chi connectivity index (χ3n) is 2.97. The van der Waals surface area contributed by atoms with Crippen LogP contribution in [-0.4, -0.2) is 59.2 Å². The zero-order valence-corrected chi connectivity index (χ0v) is 11.8. The summed E-state index contributed by atoms with van der Waals surface area (Å²) in [5.74, 6) is 0.794. The highest BCUT2D eigenvalue weighted by Gasteiger charge is 2.32. The Hall–Kier alpha value is -0.260. The molecule has 1 saturated heterocycles. The topological polar surface area (TPSA) is 52.6 Å². The number of β-amino-alcohol motifs (C(OH)–C–C–N with tert-alkyl or cyclic N) is 1. The molecule has 1 aliphatic heterocycles. The van der Waals surface area contributed by atoms with Gasteiger partial charge in [0.15, 0.2) is 0 Å². The highest BCUT2D eigenvalue weighted by atomic mass is 32.2. The lowest BCUT2D eigenvalue weighted by molar-refractivity contribution is -0.139. The van der Waals surface area contributed by atoms with E-state index in [2.05, 4.69) is 5.32 Å². The van der Waals surface area contributed by atoms with Crippen LogP contribution >= 0.6 is 11.8 Å². The van der Waals surface area contributed by atoms with Crippen LogP contribution in [0, 0.1) is 0 Å². The van der Waals surface area contributed by atoms with Gasteiger partial charge in [0, 0.05) is 18.8 Å². The smallest absolute Gasteiger partial charge is 0.239 e. The maximum atomic E-state index is 12.1. The summed E-state index contributed by atoms with van der Waals surface area (Å²) in [6, 6.07) is -0.0566. The molecule has 0 aromatic carbocycles. The summed E-state index contributed by atoms with van der Waals surface area (Å²) in [5.41, 5.74) is -0.789. The van der Waals surface area contributed by atoms with Crippen LogP contribution in [0.15, 0.2) is 0 Å². The fourth-order valence-corrected chi connectivity index (χ4v) is 3.01. The average Bonchev–Trinajstić information content (AvgIpc) is 2.24. The molecule has 17 heavy (non-hydrogen) atoms. The minimum Gasteiger partial charge on any atom is -0.387 e. The molecule has 2 unspecified atom stereocenters. The van der Waals surface area contributed by atoms with Gasteiger partial charge in [-0.05, 0) is 32.6 Å². The first-order valence-corrected chi connectivity index (χ1v) is 7.63. The van der Waals surface area contributed by atoms with E-state index in [9.17, 15) is 9.90 Å². The van der Waals surface area contributed by atoms with E-state index >= 15 is 0 Å². The molecule has 1 amide bonds. The van der Waals surface area contributed by atoms with Crippen LogP contribution in [0.3, 0.4) is 0 Å². The first-order chi connectivity index (χ1) is 8.00. The lowest BCUT2D eigenvalue weighted by atomic mass is 10.0. The van der Waals surface area contributed by atoms with Crippen LogP contribution in [-0.2, 0) is 4.79 Å². The standard InChI is InChI=1S/C12H24N2O2S/c1-4-13-10-6-5-7-14(11(10)15)8-12(2,16)9-17-3/h10,13,16H,4-9H2,1-3H3. The van der Waals surface area contributed by atoms with Crippen molar-refractivity contribution in [2.45, 2.75) is 38.3 Å². The number of carbonyl (C=O) groups is 1. The summed E-state index contributed by atoms with van der Waals surface area (Å²) in [6.45, 7) is 5.83. The maximum Gasteiger partial charge on any atom is 0.239 e. The molecule has 1 aliphatic rings. The molecule has 2 atom stereocenters. The number of nitrogens with zero attached hydrogens (tertiary/aromatic N) is 1. The van der Waals surface area contributed by atoms with Gasteiger partial charge in [0.2, 0.25) is 5.91 Å². The Bertz CT molecular complexity index is 257. The number of likely N-dealkylation sites (tertiary alicyclic amines) is 1. The van der Waals surface area contributed by atoms with Crippen molar-refractivity contribution in [1.82, 2.24) is 10.2 Å². The van der Waals surface area contributed by atoms with E-state index in [1.54, 1.807) is 23.6 Å². The predicted octanol–water partition coefficient (Wildman–Crippen LogP) is 0.701. The van der Waals surface area contributed by atoms with Crippen LogP contribution < -0.4 is 5.32 Å². The normalized spacial score (nSPS) is 24.8. The van der Waals surface area contributed by atoms with Crippen molar-refractivity contribution in [3.8, 4) is 0 Å². The number of likely N-dealkylation sites (N-methyl/N-ethyl adjacent to an activating group) is 1. The van der Waals surface area contributed by atoms with Crippen LogP contribution in [0.5, 0.6) is 0 Å². The van der Waals surface area contributed by atoms with Gasteiger partial charge in [-0.2, -0.15) is 11.8 Å². The third-order valence-corrected chi connectivity index (χ3v) is 3.88. The number of hydrogen-bond acceptors (Lipinski definition) is 4. The SMILES string of the molecule is CCNC1CCCN(CC(C)(O)CSC)C1=O. The number of nitrogens with one attached hydrogen (secondary N) is 1. The average molecular weight is 260 g/mol. The highest BCUT2D eigenvalue weighted by molar-refractivity contribution is 7.98. The van der Waals surface area contributed by atoms with Crippen molar-refractivity contribution in [3.05, 3.63) is 0 Å². The Labute approximate surface area is 108 Å². The number of carbonyl (C=O) groups excluding carboxylic acids is 1. The molecule has 0 aromatic rings. The highest BCUT2D eigenvalue weighted by Crippen LogP contribution is 2.17.